The van der Waals surface area contributed by atoms with Crippen LogP contribution in [0.25, 0.3) is 11.0 Å². The monoisotopic (exact) mass is 466 g/mol. The van der Waals surface area contributed by atoms with Gasteiger partial charge >= 0.3 is 0 Å². The maximum atomic E-state index is 13.6. The van der Waals surface area contributed by atoms with Gasteiger partial charge in [0.25, 0.3) is 5.91 Å². The van der Waals surface area contributed by atoms with E-state index in [1.807, 2.05) is 13.8 Å². The number of methoxy groups -OCH3 is 1. The molecule has 3 aromatic rings. The first kappa shape index (κ1) is 23.6. The molecule has 1 fully saturated rings. The number of ether oxygens (including phenoxy) is 1. The van der Waals surface area contributed by atoms with Gasteiger partial charge in [0.2, 0.25) is 11.6 Å². The number of likely N-dealkylation sites (N-methyl/N-ethyl adjacent to an activating group) is 1. The minimum absolute atomic E-state index is 0.0247. The number of carbonyl (C=O) groups excluding carboxylic acids is 3. The number of Topliss-reactive ketones (excluding diaryl/α,β-unsaturated/α-hetero) is 2. The molecule has 8 heteroatoms. The van der Waals surface area contributed by atoms with Gasteiger partial charge < -0.3 is 19.0 Å². The number of amides is 1. The van der Waals surface area contributed by atoms with Crippen molar-refractivity contribution in [3.8, 4) is 5.75 Å². The number of rotatable bonds is 9. The van der Waals surface area contributed by atoms with Crippen LogP contribution in [0.15, 0.2) is 52.9 Å². The van der Waals surface area contributed by atoms with E-state index in [4.69, 9.17) is 9.15 Å². The Morgan fingerprint density at radius 3 is 2.47 bits per heavy atom. The zero-order chi connectivity index (χ0) is 24.4. The topological polar surface area (TPSA) is 80.1 Å². The van der Waals surface area contributed by atoms with Gasteiger partial charge in [-0.15, -0.1) is 0 Å². The highest BCUT2D eigenvalue weighted by molar-refractivity contribution is 6.43. The highest BCUT2D eigenvalue weighted by Crippen LogP contribution is 2.39. The van der Waals surface area contributed by atoms with Gasteiger partial charge in [0.05, 0.1) is 13.2 Å². The standard InChI is InChI=1S/C26H27FN2O5/c1-4-28(5-2)13-14-29-22(16-9-11-18(27)12-10-16)21(24(31)26(29)32)23(30)20-15-17-7-6-8-19(33-3)25(17)34-20/h6-12,15,21-22H,4-5,13-14H2,1-3H3. The Morgan fingerprint density at radius 1 is 1.12 bits per heavy atom. The molecule has 34 heavy (non-hydrogen) atoms. The van der Waals surface area contributed by atoms with Gasteiger partial charge in [0.15, 0.2) is 17.1 Å². The van der Waals surface area contributed by atoms with Crippen LogP contribution in [0.5, 0.6) is 5.75 Å². The molecule has 7 nitrogen and oxygen atoms in total. The van der Waals surface area contributed by atoms with Crippen LogP contribution in [0.4, 0.5) is 4.39 Å². The summed E-state index contributed by atoms with van der Waals surface area (Å²) >= 11 is 0. The summed E-state index contributed by atoms with van der Waals surface area (Å²) in [6.45, 7) is 6.42. The summed E-state index contributed by atoms with van der Waals surface area (Å²) in [6.07, 6.45) is 0. The van der Waals surface area contributed by atoms with E-state index in [0.29, 0.717) is 28.8 Å². The molecule has 0 radical (unpaired) electrons. The zero-order valence-corrected chi connectivity index (χ0v) is 19.4. The van der Waals surface area contributed by atoms with Crippen LogP contribution in [0.3, 0.4) is 0 Å². The van der Waals surface area contributed by atoms with E-state index < -0.39 is 35.3 Å². The van der Waals surface area contributed by atoms with Crippen molar-refractivity contribution in [2.24, 2.45) is 5.92 Å². The van der Waals surface area contributed by atoms with E-state index in [-0.39, 0.29) is 12.3 Å². The summed E-state index contributed by atoms with van der Waals surface area (Å²) in [6, 6.07) is 11.5. The molecule has 4 rings (SSSR count). The van der Waals surface area contributed by atoms with Crippen LogP contribution in [-0.2, 0) is 9.59 Å². The Balaban J connectivity index is 1.74. The SMILES string of the molecule is CCN(CC)CCN1C(=O)C(=O)C(C(=O)c2cc3cccc(OC)c3o2)C1c1ccc(F)cc1. The Bertz CT molecular complexity index is 1220. The molecule has 1 amide bonds. The number of halogens is 1. The number of fused-ring (bicyclic) bond motifs is 1. The van der Waals surface area contributed by atoms with Crippen molar-refractivity contribution in [2.75, 3.05) is 33.3 Å². The average molecular weight is 467 g/mol. The van der Waals surface area contributed by atoms with E-state index in [0.717, 1.165) is 13.1 Å². The predicted octanol–water partition coefficient (Wildman–Crippen LogP) is 3.87. The van der Waals surface area contributed by atoms with Gasteiger partial charge in [-0.25, -0.2) is 4.39 Å². The number of hydrogen-bond donors (Lipinski definition) is 0. The van der Waals surface area contributed by atoms with E-state index in [2.05, 4.69) is 4.90 Å². The number of furan rings is 1. The van der Waals surface area contributed by atoms with Gasteiger partial charge in [-0.3, -0.25) is 14.4 Å². The van der Waals surface area contributed by atoms with Gasteiger partial charge in [-0.1, -0.05) is 38.1 Å². The second-order valence-corrected chi connectivity index (χ2v) is 8.22. The lowest BCUT2D eigenvalue weighted by atomic mass is 9.88. The van der Waals surface area contributed by atoms with E-state index in [1.165, 1.54) is 36.3 Å². The molecule has 1 aliphatic rings. The minimum atomic E-state index is -1.29. The summed E-state index contributed by atoms with van der Waals surface area (Å²) < 4.78 is 24.7. The smallest absolute Gasteiger partial charge is 0.291 e. The molecular weight excluding hydrogens is 439 g/mol. The summed E-state index contributed by atoms with van der Waals surface area (Å²) in [5, 5.41) is 0.649. The first-order valence-electron chi connectivity index (χ1n) is 11.3. The van der Waals surface area contributed by atoms with E-state index >= 15 is 0 Å². The summed E-state index contributed by atoms with van der Waals surface area (Å²) in [5.74, 6) is -3.39. The highest BCUT2D eigenvalue weighted by Gasteiger charge is 2.52. The molecule has 178 valence electrons. The normalized spacial score (nSPS) is 18.3. The van der Waals surface area contributed by atoms with Crippen LogP contribution in [0.2, 0.25) is 0 Å². The maximum Gasteiger partial charge on any atom is 0.291 e. The van der Waals surface area contributed by atoms with Crippen LogP contribution in [0, 0.1) is 11.7 Å². The van der Waals surface area contributed by atoms with E-state index in [9.17, 15) is 18.8 Å². The van der Waals surface area contributed by atoms with Crippen molar-refractivity contribution in [2.45, 2.75) is 19.9 Å². The third-order valence-corrected chi connectivity index (χ3v) is 6.42. The number of ketones is 2. The van der Waals surface area contributed by atoms with Crippen molar-refractivity contribution in [1.29, 1.82) is 0 Å². The van der Waals surface area contributed by atoms with Crippen LogP contribution >= 0.6 is 0 Å². The van der Waals surface area contributed by atoms with Crippen LogP contribution < -0.4 is 4.74 Å². The third-order valence-electron chi connectivity index (χ3n) is 6.42. The van der Waals surface area contributed by atoms with Crippen molar-refractivity contribution >= 4 is 28.4 Å². The summed E-state index contributed by atoms with van der Waals surface area (Å²) in [7, 11) is 1.50. The van der Waals surface area contributed by atoms with Crippen molar-refractivity contribution in [3.05, 3.63) is 65.7 Å². The first-order chi connectivity index (χ1) is 16.4. The Hall–Kier alpha value is -3.52. The van der Waals surface area contributed by atoms with Crippen molar-refractivity contribution < 1.29 is 27.9 Å². The second-order valence-electron chi connectivity index (χ2n) is 8.22. The summed E-state index contributed by atoms with van der Waals surface area (Å²) in [4.78, 5) is 43.3. The fraction of sp³-hybridized carbons (Fsp3) is 0.346. The number of para-hydroxylation sites is 1. The Labute approximate surface area is 197 Å². The summed E-state index contributed by atoms with van der Waals surface area (Å²) in [5.41, 5.74) is 0.911. The lowest BCUT2D eigenvalue weighted by molar-refractivity contribution is -0.140. The molecule has 0 aliphatic carbocycles. The largest absolute Gasteiger partial charge is 0.493 e. The molecule has 0 N–H and O–H groups in total. The molecule has 0 saturated carbocycles. The Morgan fingerprint density at radius 2 is 1.82 bits per heavy atom. The molecule has 1 saturated heterocycles. The number of benzene rings is 2. The van der Waals surface area contributed by atoms with Crippen molar-refractivity contribution in [1.82, 2.24) is 9.80 Å². The number of nitrogens with zero attached hydrogens (tertiary/aromatic N) is 2. The number of carbonyl (C=O) groups is 3. The molecule has 0 spiro atoms. The lowest BCUT2D eigenvalue weighted by Crippen LogP contribution is -2.38. The second kappa shape index (κ2) is 9.77. The molecule has 0 bridgehead atoms. The average Bonchev–Trinajstić information content (AvgIpc) is 3.39. The molecular formula is C26H27FN2O5. The molecule has 2 unspecified atom stereocenters. The first-order valence-corrected chi connectivity index (χ1v) is 11.3. The minimum Gasteiger partial charge on any atom is -0.493 e. The fourth-order valence-electron chi connectivity index (χ4n) is 4.52. The lowest BCUT2D eigenvalue weighted by Gasteiger charge is -2.29. The predicted molar refractivity (Wildman–Crippen MR) is 124 cm³/mol. The number of hydrogen-bond acceptors (Lipinski definition) is 6. The maximum absolute atomic E-state index is 13.6. The molecule has 1 aliphatic heterocycles. The number of likely N-dealkylation sites (tertiary alicyclic amines) is 1. The fourth-order valence-corrected chi connectivity index (χ4v) is 4.52. The van der Waals surface area contributed by atoms with Gasteiger partial charge in [-0.2, -0.15) is 0 Å². The molecule has 2 heterocycles. The quantitative estimate of drug-likeness (QED) is 0.271. The highest BCUT2D eigenvalue weighted by atomic mass is 19.1. The molecule has 2 atom stereocenters. The van der Waals surface area contributed by atoms with Crippen LogP contribution in [0.1, 0.15) is 36.0 Å². The van der Waals surface area contributed by atoms with Gasteiger partial charge in [0.1, 0.15) is 11.7 Å². The Kier molecular flexibility index (Phi) is 6.79. The molecule has 1 aromatic heterocycles. The molecule has 2 aromatic carbocycles. The van der Waals surface area contributed by atoms with E-state index in [1.54, 1.807) is 24.3 Å². The van der Waals surface area contributed by atoms with Gasteiger partial charge in [-0.05, 0) is 42.9 Å². The third kappa shape index (κ3) is 4.21. The van der Waals surface area contributed by atoms with Gasteiger partial charge in [0, 0.05) is 18.5 Å². The zero-order valence-electron chi connectivity index (χ0n) is 19.4. The van der Waals surface area contributed by atoms with Crippen molar-refractivity contribution in [3.63, 3.8) is 0 Å². The van der Waals surface area contributed by atoms with Crippen LogP contribution in [-0.4, -0.2) is 60.6 Å².